The summed E-state index contributed by atoms with van der Waals surface area (Å²) >= 11 is 0. The Morgan fingerprint density at radius 2 is 1.68 bits per heavy atom. The third-order valence-corrected chi connectivity index (χ3v) is 6.40. The Morgan fingerprint density at radius 3 is 2.28 bits per heavy atom. The number of piperidine rings is 1. The fourth-order valence-corrected chi connectivity index (χ4v) is 4.55. The van der Waals surface area contributed by atoms with Crippen molar-refractivity contribution in [2.45, 2.75) is 63.8 Å². The molecule has 1 heterocycles. The van der Waals surface area contributed by atoms with E-state index in [4.69, 9.17) is 4.99 Å². The van der Waals surface area contributed by atoms with Crippen LogP contribution in [0.2, 0.25) is 0 Å². The number of hydrogen-bond donors (Lipinski definition) is 2. The van der Waals surface area contributed by atoms with Crippen LogP contribution < -0.4 is 10.6 Å². The van der Waals surface area contributed by atoms with E-state index in [9.17, 15) is 8.42 Å². The van der Waals surface area contributed by atoms with Crippen LogP contribution in [-0.2, 0) is 9.84 Å². The van der Waals surface area contributed by atoms with Gasteiger partial charge in [-0.15, -0.1) is 0 Å². The van der Waals surface area contributed by atoms with Crippen molar-refractivity contribution < 1.29 is 8.42 Å². The summed E-state index contributed by atoms with van der Waals surface area (Å²) in [5.74, 6) is 0.877. The maximum absolute atomic E-state index is 11.3. The van der Waals surface area contributed by atoms with E-state index in [0.717, 1.165) is 19.0 Å². The zero-order valence-electron chi connectivity index (χ0n) is 16.0. The van der Waals surface area contributed by atoms with Crippen LogP contribution in [0.15, 0.2) is 4.99 Å². The highest BCUT2D eigenvalue weighted by molar-refractivity contribution is 7.90. The second kappa shape index (κ2) is 9.76. The van der Waals surface area contributed by atoms with Crippen LogP contribution in [0.4, 0.5) is 0 Å². The molecule has 2 fully saturated rings. The van der Waals surface area contributed by atoms with Crippen LogP contribution in [0.25, 0.3) is 0 Å². The summed E-state index contributed by atoms with van der Waals surface area (Å²) in [7, 11) is -2.95. The zero-order chi connectivity index (χ0) is 18.2. The van der Waals surface area contributed by atoms with Gasteiger partial charge in [0.05, 0.1) is 12.3 Å². The van der Waals surface area contributed by atoms with Crippen molar-refractivity contribution in [1.82, 2.24) is 15.5 Å². The van der Waals surface area contributed by atoms with Gasteiger partial charge in [0.25, 0.3) is 0 Å². The van der Waals surface area contributed by atoms with Crippen LogP contribution in [-0.4, -0.2) is 69.5 Å². The molecule has 2 rings (SSSR count). The average molecular weight is 373 g/mol. The summed E-state index contributed by atoms with van der Waals surface area (Å²) < 4.78 is 22.7. The molecule has 0 aromatic carbocycles. The minimum absolute atomic E-state index is 0.134. The molecule has 1 aliphatic heterocycles. The van der Waals surface area contributed by atoms with Gasteiger partial charge in [0, 0.05) is 24.9 Å². The lowest BCUT2D eigenvalue weighted by atomic mass is 9.79. The summed E-state index contributed by atoms with van der Waals surface area (Å²) in [4.78, 5) is 7.56. The maximum atomic E-state index is 11.3. The Balaban J connectivity index is 2.02. The van der Waals surface area contributed by atoms with Crippen molar-refractivity contribution in [3.05, 3.63) is 0 Å². The molecule has 7 heteroatoms. The van der Waals surface area contributed by atoms with Gasteiger partial charge in [0.1, 0.15) is 9.84 Å². The van der Waals surface area contributed by atoms with Crippen molar-refractivity contribution in [3.63, 3.8) is 0 Å². The summed E-state index contributed by atoms with van der Waals surface area (Å²) in [5, 5.41) is 6.43. The second-order valence-electron chi connectivity index (χ2n) is 7.58. The fraction of sp³-hybridized carbons (Fsp3) is 0.944. The van der Waals surface area contributed by atoms with Gasteiger partial charge in [0.2, 0.25) is 0 Å². The largest absolute Gasteiger partial charge is 0.357 e. The molecule has 0 atom stereocenters. The summed E-state index contributed by atoms with van der Waals surface area (Å²) in [5.41, 5.74) is 0.206. The number of nitrogens with one attached hydrogen (secondary N) is 2. The highest BCUT2D eigenvalue weighted by Gasteiger charge is 2.38. The van der Waals surface area contributed by atoms with Crippen LogP contribution in [0.3, 0.4) is 0 Å². The Morgan fingerprint density at radius 1 is 1.04 bits per heavy atom. The number of sulfone groups is 1. The lowest BCUT2D eigenvalue weighted by Crippen LogP contribution is -2.54. The van der Waals surface area contributed by atoms with E-state index in [-0.39, 0.29) is 11.3 Å². The third-order valence-electron chi connectivity index (χ3n) is 5.45. The van der Waals surface area contributed by atoms with Crippen molar-refractivity contribution in [3.8, 4) is 0 Å². The summed E-state index contributed by atoms with van der Waals surface area (Å²) in [6.07, 6.45) is 11.6. The van der Waals surface area contributed by atoms with Crippen LogP contribution in [0.1, 0.15) is 58.3 Å². The average Bonchev–Trinajstić information content (AvgIpc) is 2.60. The molecule has 0 aromatic rings. The van der Waals surface area contributed by atoms with Crippen molar-refractivity contribution in [2.75, 3.05) is 44.7 Å². The van der Waals surface area contributed by atoms with E-state index in [1.807, 2.05) is 6.92 Å². The lowest BCUT2D eigenvalue weighted by Gasteiger charge is -2.47. The van der Waals surface area contributed by atoms with E-state index in [1.54, 1.807) is 0 Å². The molecule has 2 aliphatic rings. The Labute approximate surface area is 153 Å². The number of aliphatic imine (C=N–C) groups is 1. The molecular formula is C18H36N4O2S. The highest BCUT2D eigenvalue weighted by Crippen LogP contribution is 2.35. The molecule has 146 valence electrons. The third kappa shape index (κ3) is 6.77. The van der Waals surface area contributed by atoms with Crippen LogP contribution >= 0.6 is 0 Å². The molecule has 25 heavy (non-hydrogen) atoms. The highest BCUT2D eigenvalue weighted by atomic mass is 32.2. The molecule has 0 unspecified atom stereocenters. The minimum atomic E-state index is -2.95. The first kappa shape index (κ1) is 20.5. The Kier molecular flexibility index (Phi) is 8.00. The van der Waals surface area contributed by atoms with Gasteiger partial charge in [-0.3, -0.25) is 9.89 Å². The van der Waals surface area contributed by atoms with Gasteiger partial charge in [-0.1, -0.05) is 25.7 Å². The number of nitrogens with zero attached hydrogens (tertiary/aromatic N) is 2. The Bertz CT molecular complexity index is 521. The molecule has 0 bridgehead atoms. The second-order valence-corrected chi connectivity index (χ2v) is 9.84. The standard InChI is InChI=1S/C18H36N4O2S/c1-3-19-17(20-12-15-25(2,23)24)21-16-18(10-6-4-7-11-18)22-13-8-5-9-14-22/h3-16H2,1-2H3,(H2,19,20,21). The van der Waals surface area contributed by atoms with Gasteiger partial charge in [-0.2, -0.15) is 0 Å². The molecule has 1 aliphatic carbocycles. The number of hydrogen-bond acceptors (Lipinski definition) is 4. The molecule has 0 amide bonds. The SMILES string of the molecule is CCNC(=NCC1(N2CCCCC2)CCCCC1)NCCS(C)(=O)=O. The predicted molar refractivity (Wildman–Crippen MR) is 105 cm³/mol. The van der Waals surface area contributed by atoms with E-state index in [2.05, 4.69) is 15.5 Å². The zero-order valence-corrected chi connectivity index (χ0v) is 16.8. The first-order valence-electron chi connectivity index (χ1n) is 9.90. The monoisotopic (exact) mass is 372 g/mol. The molecule has 1 saturated heterocycles. The van der Waals surface area contributed by atoms with Gasteiger partial charge in [0.15, 0.2) is 5.96 Å². The predicted octanol–water partition coefficient (Wildman–Crippen LogP) is 1.77. The number of rotatable bonds is 7. The van der Waals surface area contributed by atoms with Gasteiger partial charge < -0.3 is 10.6 Å². The first-order valence-corrected chi connectivity index (χ1v) is 12.0. The molecule has 6 nitrogen and oxygen atoms in total. The van der Waals surface area contributed by atoms with Crippen molar-refractivity contribution in [2.24, 2.45) is 4.99 Å². The topological polar surface area (TPSA) is 73.8 Å². The van der Waals surface area contributed by atoms with Crippen LogP contribution in [0.5, 0.6) is 0 Å². The van der Waals surface area contributed by atoms with Crippen molar-refractivity contribution in [1.29, 1.82) is 0 Å². The van der Waals surface area contributed by atoms with Crippen molar-refractivity contribution >= 4 is 15.8 Å². The molecule has 0 radical (unpaired) electrons. The quantitative estimate of drug-likeness (QED) is 0.526. The van der Waals surface area contributed by atoms with E-state index >= 15 is 0 Å². The molecule has 2 N–H and O–H groups in total. The van der Waals surface area contributed by atoms with E-state index in [0.29, 0.717) is 6.54 Å². The van der Waals surface area contributed by atoms with Gasteiger partial charge in [-0.25, -0.2) is 8.42 Å². The van der Waals surface area contributed by atoms with Gasteiger partial charge >= 0.3 is 0 Å². The summed E-state index contributed by atoms with van der Waals surface area (Å²) in [6.45, 7) is 6.43. The van der Waals surface area contributed by atoms with Crippen LogP contribution in [0, 0.1) is 0 Å². The number of guanidine groups is 1. The molecule has 0 spiro atoms. The smallest absolute Gasteiger partial charge is 0.191 e. The normalized spacial score (nSPS) is 22.6. The minimum Gasteiger partial charge on any atom is -0.357 e. The Hall–Kier alpha value is -0.820. The summed E-state index contributed by atoms with van der Waals surface area (Å²) in [6, 6.07) is 0. The number of likely N-dealkylation sites (tertiary alicyclic amines) is 1. The molecule has 1 saturated carbocycles. The maximum Gasteiger partial charge on any atom is 0.191 e. The van der Waals surface area contributed by atoms with E-state index in [1.165, 1.54) is 70.7 Å². The first-order chi connectivity index (χ1) is 12.0. The van der Waals surface area contributed by atoms with E-state index < -0.39 is 9.84 Å². The molecular weight excluding hydrogens is 336 g/mol. The molecule has 0 aromatic heterocycles. The lowest BCUT2D eigenvalue weighted by molar-refractivity contribution is 0.0407. The van der Waals surface area contributed by atoms with Gasteiger partial charge in [-0.05, 0) is 45.7 Å². The fourth-order valence-electron chi connectivity index (χ4n) is 4.08.